The minimum atomic E-state index is -0.735. The van der Waals surface area contributed by atoms with Crippen LogP contribution in [0.25, 0.3) is 21.5 Å². The van der Waals surface area contributed by atoms with E-state index in [1.165, 1.54) is 17.6 Å². The highest BCUT2D eigenvalue weighted by molar-refractivity contribution is 7.13. The molecule has 6 nitrogen and oxygen atoms in total. The van der Waals surface area contributed by atoms with Crippen LogP contribution in [0.3, 0.4) is 0 Å². The third-order valence-corrected chi connectivity index (χ3v) is 5.68. The van der Waals surface area contributed by atoms with Crippen molar-refractivity contribution in [2.24, 2.45) is 5.73 Å². The van der Waals surface area contributed by atoms with Crippen LogP contribution in [0, 0.1) is 6.92 Å². The fraction of sp³-hybridized carbons (Fsp3) is 0.409. The van der Waals surface area contributed by atoms with Crippen LogP contribution in [0.15, 0.2) is 33.0 Å². The van der Waals surface area contributed by atoms with Gasteiger partial charge in [0.25, 0.3) is 0 Å². The summed E-state index contributed by atoms with van der Waals surface area (Å²) in [5, 5.41) is 2.99. The number of nitrogens with zero attached hydrogens (tertiary/aromatic N) is 1. The molecule has 0 radical (unpaired) electrons. The number of ether oxygens (including phenoxy) is 1. The quantitative estimate of drug-likeness (QED) is 0.329. The number of unbranched alkanes of at least 4 members (excludes halogenated alkanes) is 3. The summed E-state index contributed by atoms with van der Waals surface area (Å²) in [5.41, 5.74) is 7.98. The van der Waals surface area contributed by atoms with Crippen molar-refractivity contribution in [2.75, 3.05) is 0 Å². The summed E-state index contributed by atoms with van der Waals surface area (Å²) in [7, 11) is 0. The van der Waals surface area contributed by atoms with E-state index in [-0.39, 0.29) is 5.43 Å². The largest absolute Gasteiger partial charge is 0.463 e. The molecule has 2 N–H and O–H groups in total. The van der Waals surface area contributed by atoms with Gasteiger partial charge in [-0.1, -0.05) is 26.2 Å². The summed E-state index contributed by atoms with van der Waals surface area (Å²) in [6.45, 7) is 5.61. The van der Waals surface area contributed by atoms with Crippen LogP contribution < -0.4 is 15.9 Å². The molecule has 0 spiro atoms. The fourth-order valence-corrected chi connectivity index (χ4v) is 3.86. The smallest absolute Gasteiger partial charge is 0.328 e. The van der Waals surface area contributed by atoms with Gasteiger partial charge in [-0.2, -0.15) is 0 Å². The minimum Gasteiger partial charge on any atom is -0.463 e. The van der Waals surface area contributed by atoms with Gasteiger partial charge in [-0.05, 0) is 38.3 Å². The van der Waals surface area contributed by atoms with Crippen molar-refractivity contribution < 1.29 is 13.9 Å². The average molecular weight is 415 g/mol. The molecule has 0 unspecified atom stereocenters. The van der Waals surface area contributed by atoms with E-state index in [1.54, 1.807) is 19.1 Å². The molecule has 0 amide bonds. The Morgan fingerprint density at radius 3 is 2.76 bits per heavy atom. The van der Waals surface area contributed by atoms with Crippen molar-refractivity contribution in [3.8, 4) is 16.3 Å². The molecular formula is C22H26N2O4S. The van der Waals surface area contributed by atoms with Crippen molar-refractivity contribution in [3.63, 3.8) is 0 Å². The summed E-state index contributed by atoms with van der Waals surface area (Å²) < 4.78 is 11.2. The maximum absolute atomic E-state index is 13.1. The molecule has 3 aromatic rings. The Bertz CT molecular complexity index is 1070. The zero-order chi connectivity index (χ0) is 21.0. The summed E-state index contributed by atoms with van der Waals surface area (Å²) in [6.07, 6.45) is 6.40. The lowest BCUT2D eigenvalue weighted by Crippen LogP contribution is -2.31. The zero-order valence-corrected chi connectivity index (χ0v) is 17.8. The Morgan fingerprint density at radius 2 is 2.10 bits per heavy atom. The normalized spacial score (nSPS) is 12.3. The molecule has 1 atom stereocenters. The molecule has 0 aliphatic carbocycles. The van der Waals surface area contributed by atoms with E-state index in [0.717, 1.165) is 36.9 Å². The highest BCUT2D eigenvalue weighted by atomic mass is 32.1. The predicted molar refractivity (Wildman–Crippen MR) is 115 cm³/mol. The molecule has 1 aromatic carbocycles. The third kappa shape index (κ3) is 4.92. The number of hydrogen-bond donors (Lipinski definition) is 1. The molecule has 7 heteroatoms. The van der Waals surface area contributed by atoms with Gasteiger partial charge >= 0.3 is 5.97 Å². The van der Waals surface area contributed by atoms with Crippen molar-refractivity contribution >= 4 is 28.3 Å². The Labute approximate surface area is 173 Å². The second kappa shape index (κ2) is 9.33. The fourth-order valence-electron chi connectivity index (χ4n) is 3.06. The number of fused-ring (bicyclic) bond motifs is 1. The van der Waals surface area contributed by atoms with E-state index in [1.807, 2.05) is 12.3 Å². The second-order valence-electron chi connectivity index (χ2n) is 7.25. The van der Waals surface area contributed by atoms with Crippen molar-refractivity contribution in [3.05, 3.63) is 45.3 Å². The Morgan fingerprint density at radius 1 is 1.31 bits per heavy atom. The number of carbonyl (C=O) groups excluding carboxylic acids is 1. The average Bonchev–Trinajstić information content (AvgIpc) is 3.12. The van der Waals surface area contributed by atoms with Crippen LogP contribution in [0.2, 0.25) is 0 Å². The van der Waals surface area contributed by atoms with Crippen molar-refractivity contribution in [1.29, 1.82) is 0 Å². The van der Waals surface area contributed by atoms with E-state index in [2.05, 4.69) is 11.9 Å². The maximum atomic E-state index is 13.1. The molecule has 29 heavy (non-hydrogen) atoms. The molecule has 0 bridgehead atoms. The lowest BCUT2D eigenvalue weighted by atomic mass is 10.0. The Hall–Kier alpha value is -2.51. The zero-order valence-electron chi connectivity index (χ0n) is 17.0. The molecule has 3 rings (SSSR count). The SMILES string of the molecule is CCCCCCc1cc2c(=O)c(-c3nc(C)cs3)coc2cc1OC(=O)[C@@H](C)N. The van der Waals surface area contributed by atoms with Gasteiger partial charge in [0, 0.05) is 17.1 Å². The molecule has 154 valence electrons. The van der Waals surface area contributed by atoms with E-state index in [9.17, 15) is 9.59 Å². The molecule has 0 saturated heterocycles. The lowest BCUT2D eigenvalue weighted by molar-refractivity contribution is -0.135. The molecule has 0 aliphatic rings. The first-order valence-electron chi connectivity index (χ1n) is 9.89. The van der Waals surface area contributed by atoms with Gasteiger partial charge in [0.05, 0.1) is 10.9 Å². The van der Waals surface area contributed by atoms with Crippen LogP contribution in [0.5, 0.6) is 5.75 Å². The summed E-state index contributed by atoms with van der Waals surface area (Å²) in [5.74, 6) is -0.117. The number of rotatable bonds is 8. The molecule has 0 saturated carbocycles. The highest BCUT2D eigenvalue weighted by Crippen LogP contribution is 2.29. The number of thiazole rings is 1. The second-order valence-corrected chi connectivity index (χ2v) is 8.11. The standard InChI is InChI=1S/C22H26N2O4S/c1-4-5-6-7-8-15-9-16-19(10-18(15)28-22(26)14(3)23)27-11-17(20(16)25)21-24-13(2)12-29-21/h9-12,14H,4-8,23H2,1-3H3/t14-/m1/s1. The number of aromatic nitrogens is 1. The van der Waals surface area contributed by atoms with Gasteiger partial charge in [-0.15, -0.1) is 11.3 Å². The topological polar surface area (TPSA) is 95.4 Å². The first kappa shape index (κ1) is 21.2. The predicted octanol–water partition coefficient (Wildman–Crippen LogP) is 4.60. The van der Waals surface area contributed by atoms with E-state index in [0.29, 0.717) is 33.7 Å². The monoisotopic (exact) mass is 414 g/mol. The molecular weight excluding hydrogens is 388 g/mol. The summed E-state index contributed by atoms with van der Waals surface area (Å²) >= 11 is 1.41. The lowest BCUT2D eigenvalue weighted by Gasteiger charge is -2.13. The van der Waals surface area contributed by atoms with Crippen LogP contribution in [-0.2, 0) is 11.2 Å². The van der Waals surface area contributed by atoms with E-state index >= 15 is 0 Å². The van der Waals surface area contributed by atoms with Crippen LogP contribution in [0.1, 0.15) is 50.8 Å². The minimum absolute atomic E-state index is 0.138. The third-order valence-electron chi connectivity index (χ3n) is 4.69. The van der Waals surface area contributed by atoms with Gasteiger partial charge in [0.1, 0.15) is 28.6 Å². The first-order chi connectivity index (χ1) is 13.9. The van der Waals surface area contributed by atoms with Gasteiger partial charge in [-0.25, -0.2) is 9.78 Å². The highest BCUT2D eigenvalue weighted by Gasteiger charge is 2.18. The molecule has 2 aromatic heterocycles. The van der Waals surface area contributed by atoms with Crippen LogP contribution in [0.4, 0.5) is 0 Å². The number of benzene rings is 1. The van der Waals surface area contributed by atoms with Crippen LogP contribution in [-0.4, -0.2) is 17.0 Å². The number of hydrogen-bond acceptors (Lipinski definition) is 7. The maximum Gasteiger partial charge on any atom is 0.328 e. The number of esters is 1. The van der Waals surface area contributed by atoms with E-state index < -0.39 is 12.0 Å². The molecule has 0 fully saturated rings. The molecule has 2 heterocycles. The molecule has 0 aliphatic heterocycles. The number of carbonyl (C=O) groups is 1. The number of nitrogens with two attached hydrogens (primary N) is 1. The van der Waals surface area contributed by atoms with Gasteiger partial charge in [0.15, 0.2) is 0 Å². The van der Waals surface area contributed by atoms with Gasteiger partial charge in [0.2, 0.25) is 5.43 Å². The van der Waals surface area contributed by atoms with Crippen molar-refractivity contribution in [2.45, 2.75) is 58.9 Å². The Kier molecular flexibility index (Phi) is 6.82. The summed E-state index contributed by atoms with van der Waals surface area (Å²) in [6, 6.07) is 2.66. The Balaban J connectivity index is 2.05. The van der Waals surface area contributed by atoms with Gasteiger partial charge < -0.3 is 14.9 Å². The van der Waals surface area contributed by atoms with Crippen molar-refractivity contribution in [1.82, 2.24) is 4.98 Å². The van der Waals surface area contributed by atoms with E-state index in [4.69, 9.17) is 14.9 Å². The van der Waals surface area contributed by atoms with Gasteiger partial charge in [-0.3, -0.25) is 4.79 Å². The first-order valence-corrected chi connectivity index (χ1v) is 10.8. The summed E-state index contributed by atoms with van der Waals surface area (Å²) in [4.78, 5) is 29.5. The number of aryl methyl sites for hydroxylation is 2. The van der Waals surface area contributed by atoms with Crippen LogP contribution >= 0.6 is 11.3 Å².